The number of nitriles is 1. The summed E-state index contributed by atoms with van der Waals surface area (Å²) in [6.45, 7) is 11.9. The highest BCUT2D eigenvalue weighted by Crippen LogP contribution is 2.46. The van der Waals surface area contributed by atoms with E-state index in [-0.39, 0.29) is 5.91 Å². The predicted octanol–water partition coefficient (Wildman–Crippen LogP) is 3.82. The maximum Gasteiger partial charge on any atom is 0.494 e. The summed E-state index contributed by atoms with van der Waals surface area (Å²) in [5.74, 6) is 0.397. The first-order valence-electron chi connectivity index (χ1n) is 10.4. The molecule has 6 nitrogen and oxygen atoms in total. The quantitative estimate of drug-likeness (QED) is 0.709. The third kappa shape index (κ3) is 3.13. The lowest BCUT2D eigenvalue weighted by Crippen LogP contribution is -2.41. The van der Waals surface area contributed by atoms with Crippen molar-refractivity contribution >= 4 is 29.9 Å². The van der Waals surface area contributed by atoms with Crippen molar-refractivity contribution in [3.05, 3.63) is 47.5 Å². The van der Waals surface area contributed by atoms with Crippen LogP contribution in [0.3, 0.4) is 0 Å². The van der Waals surface area contributed by atoms with Gasteiger partial charge in [-0.3, -0.25) is 9.69 Å². The van der Waals surface area contributed by atoms with E-state index in [0.717, 1.165) is 16.7 Å². The Kier molecular flexibility index (Phi) is 4.73. The molecule has 4 rings (SSSR count). The fraction of sp³-hybridized carbons (Fsp3) is 0.417. The number of carbonyl (C=O) groups excluding carboxylic acids is 1. The third-order valence-electron chi connectivity index (χ3n) is 6.76. The molecule has 0 aliphatic carbocycles. The molecule has 2 aliphatic rings. The summed E-state index contributed by atoms with van der Waals surface area (Å²) in [6.07, 6.45) is 0. The third-order valence-corrected chi connectivity index (χ3v) is 6.76. The van der Waals surface area contributed by atoms with Crippen LogP contribution in [0.4, 0.5) is 11.4 Å². The molecule has 2 aromatic rings. The highest BCUT2D eigenvalue weighted by molar-refractivity contribution is 6.62. The Bertz CT molecular complexity index is 1100. The van der Waals surface area contributed by atoms with Gasteiger partial charge in [-0.2, -0.15) is 5.26 Å². The Balaban J connectivity index is 1.77. The second-order valence-electron chi connectivity index (χ2n) is 9.63. The molecule has 0 radical (unpaired) electrons. The van der Waals surface area contributed by atoms with Crippen molar-refractivity contribution in [3.8, 4) is 11.8 Å². The van der Waals surface area contributed by atoms with Crippen molar-refractivity contribution in [2.45, 2.75) is 58.2 Å². The van der Waals surface area contributed by atoms with Gasteiger partial charge in [0.2, 0.25) is 5.91 Å². The molecule has 1 fully saturated rings. The van der Waals surface area contributed by atoms with Gasteiger partial charge in [0.15, 0.2) is 0 Å². The molecule has 0 atom stereocenters. The van der Waals surface area contributed by atoms with E-state index in [1.54, 1.807) is 23.1 Å². The first kappa shape index (κ1) is 21.4. The zero-order chi connectivity index (χ0) is 22.8. The number of benzene rings is 2. The summed E-state index contributed by atoms with van der Waals surface area (Å²) >= 11 is 0. The molecule has 2 aliphatic heterocycles. The minimum atomic E-state index is -0.726. The van der Waals surface area contributed by atoms with E-state index < -0.39 is 23.7 Å². The minimum absolute atomic E-state index is 0.0414. The van der Waals surface area contributed by atoms with Crippen LogP contribution in [0, 0.1) is 11.3 Å². The van der Waals surface area contributed by atoms with Gasteiger partial charge in [0.1, 0.15) is 11.8 Å². The van der Waals surface area contributed by atoms with Crippen LogP contribution in [-0.2, 0) is 19.5 Å². The highest BCUT2D eigenvalue weighted by atomic mass is 16.7. The molecule has 2 aromatic carbocycles. The molecule has 2 heterocycles. The van der Waals surface area contributed by atoms with Crippen LogP contribution in [0.1, 0.15) is 52.7 Å². The van der Waals surface area contributed by atoms with Gasteiger partial charge < -0.3 is 14.0 Å². The van der Waals surface area contributed by atoms with Crippen LogP contribution in [0.15, 0.2) is 36.4 Å². The Labute approximate surface area is 183 Å². The molecule has 0 saturated carbocycles. The van der Waals surface area contributed by atoms with Crippen molar-refractivity contribution in [3.63, 3.8) is 0 Å². The Morgan fingerprint density at radius 2 is 1.65 bits per heavy atom. The Morgan fingerprint density at radius 1 is 1.00 bits per heavy atom. The molecule has 0 N–H and O–H groups in total. The van der Waals surface area contributed by atoms with Crippen LogP contribution < -0.4 is 15.1 Å². The summed E-state index contributed by atoms with van der Waals surface area (Å²) in [5, 5.41) is 9.27. The summed E-state index contributed by atoms with van der Waals surface area (Å²) in [5.41, 5.74) is 2.09. The zero-order valence-electron chi connectivity index (χ0n) is 19.1. The first-order chi connectivity index (χ1) is 14.4. The molecule has 31 heavy (non-hydrogen) atoms. The predicted molar refractivity (Wildman–Crippen MR) is 120 cm³/mol. The number of ether oxygens (including phenoxy) is 1. The monoisotopic (exact) mass is 418 g/mol. The van der Waals surface area contributed by atoms with Gasteiger partial charge in [-0.05, 0) is 70.8 Å². The molecule has 0 spiro atoms. The van der Waals surface area contributed by atoms with Gasteiger partial charge >= 0.3 is 7.12 Å². The van der Waals surface area contributed by atoms with Crippen molar-refractivity contribution in [2.75, 3.05) is 12.0 Å². The minimum Gasteiger partial charge on any atom is -0.495 e. The average Bonchev–Trinajstić information content (AvgIpc) is 3.06. The number of hydrogen-bond acceptors (Lipinski definition) is 5. The average molecular weight is 418 g/mol. The van der Waals surface area contributed by atoms with E-state index in [4.69, 9.17) is 14.0 Å². The van der Waals surface area contributed by atoms with Crippen molar-refractivity contribution in [1.29, 1.82) is 5.26 Å². The number of anilines is 2. The highest BCUT2D eigenvalue weighted by Gasteiger charge is 2.52. The van der Waals surface area contributed by atoms with Gasteiger partial charge in [0, 0.05) is 6.07 Å². The van der Waals surface area contributed by atoms with Crippen LogP contribution in [0.2, 0.25) is 0 Å². The van der Waals surface area contributed by atoms with Crippen LogP contribution in [0.5, 0.6) is 5.75 Å². The maximum atomic E-state index is 13.4. The summed E-state index contributed by atoms with van der Waals surface area (Å²) in [4.78, 5) is 15.1. The zero-order valence-corrected chi connectivity index (χ0v) is 19.1. The van der Waals surface area contributed by atoms with Gasteiger partial charge in [-0.15, -0.1) is 0 Å². The van der Waals surface area contributed by atoms with Gasteiger partial charge in [-0.1, -0.05) is 12.1 Å². The SMILES string of the molecule is COc1cc(N2C(=O)C(C)(C)c3cc(B4OC(C)(C)C(C)(C)O4)ccc32)ccc1C#N. The lowest BCUT2D eigenvalue weighted by molar-refractivity contribution is -0.121. The fourth-order valence-electron chi connectivity index (χ4n) is 4.05. The fourth-order valence-corrected chi connectivity index (χ4v) is 4.05. The Hall–Kier alpha value is -2.82. The van der Waals surface area contributed by atoms with Crippen molar-refractivity contribution < 1.29 is 18.8 Å². The number of fused-ring (bicyclic) bond motifs is 1. The van der Waals surface area contributed by atoms with E-state index in [1.165, 1.54) is 7.11 Å². The molecular formula is C24H27BN2O4. The van der Waals surface area contributed by atoms with Crippen LogP contribution in [-0.4, -0.2) is 31.3 Å². The van der Waals surface area contributed by atoms with Crippen molar-refractivity contribution in [2.24, 2.45) is 0 Å². The molecule has 1 amide bonds. The standard InChI is InChI=1S/C24H27BN2O4/c1-22(2)18-12-16(25-30-23(3,4)24(5,6)31-25)9-11-19(18)27(21(22)28)17-10-8-15(14-26)20(13-17)29-7/h8-13H,1-7H3. The van der Waals surface area contributed by atoms with Gasteiger partial charge in [0.05, 0.1) is 40.7 Å². The van der Waals surface area contributed by atoms with Crippen LogP contribution >= 0.6 is 0 Å². The lowest BCUT2D eigenvalue weighted by Gasteiger charge is -2.32. The van der Waals surface area contributed by atoms with E-state index >= 15 is 0 Å². The number of nitrogens with zero attached hydrogens (tertiary/aromatic N) is 2. The summed E-state index contributed by atoms with van der Waals surface area (Å²) < 4.78 is 17.8. The maximum absolute atomic E-state index is 13.4. The molecule has 160 valence electrons. The number of rotatable bonds is 3. The number of carbonyl (C=O) groups is 1. The molecule has 0 bridgehead atoms. The van der Waals surface area contributed by atoms with Gasteiger partial charge in [0.25, 0.3) is 0 Å². The largest absolute Gasteiger partial charge is 0.495 e. The molecule has 0 unspecified atom stereocenters. The van der Waals surface area contributed by atoms with Crippen molar-refractivity contribution in [1.82, 2.24) is 0 Å². The first-order valence-corrected chi connectivity index (χ1v) is 10.4. The summed E-state index contributed by atoms with van der Waals surface area (Å²) in [7, 11) is 1.02. The molecule has 1 saturated heterocycles. The molecular weight excluding hydrogens is 391 g/mol. The van der Waals surface area contributed by atoms with Crippen LogP contribution in [0.25, 0.3) is 0 Å². The van der Waals surface area contributed by atoms with E-state index in [9.17, 15) is 10.1 Å². The second-order valence-corrected chi connectivity index (χ2v) is 9.63. The number of methoxy groups -OCH3 is 1. The Morgan fingerprint density at radius 3 is 2.23 bits per heavy atom. The topological polar surface area (TPSA) is 71.8 Å². The molecule has 7 heteroatoms. The van der Waals surface area contributed by atoms with E-state index in [0.29, 0.717) is 17.0 Å². The lowest BCUT2D eigenvalue weighted by atomic mass is 9.75. The molecule has 0 aromatic heterocycles. The summed E-state index contributed by atoms with van der Waals surface area (Å²) in [6, 6.07) is 13.2. The van der Waals surface area contributed by atoms with E-state index in [1.807, 2.05) is 59.7 Å². The smallest absolute Gasteiger partial charge is 0.494 e. The van der Waals surface area contributed by atoms with E-state index in [2.05, 4.69) is 6.07 Å². The van der Waals surface area contributed by atoms with Gasteiger partial charge in [-0.25, -0.2) is 0 Å². The number of amides is 1. The second kappa shape index (κ2) is 6.84. The number of hydrogen-bond donors (Lipinski definition) is 0. The normalized spacial score (nSPS) is 20.5.